The molecule has 1 aromatic carbocycles. The molecule has 1 aliphatic heterocycles. The second-order valence-corrected chi connectivity index (χ2v) is 9.37. The van der Waals surface area contributed by atoms with E-state index in [1.54, 1.807) is 11.8 Å². The number of hydrogen-bond acceptors (Lipinski definition) is 6. The number of aliphatic hydroxyl groups is 1. The van der Waals surface area contributed by atoms with Gasteiger partial charge in [-0.1, -0.05) is 11.6 Å². The maximum atomic E-state index is 15.0. The molecule has 0 radical (unpaired) electrons. The standard InChI is InChI=1S/C24H26ClFN7O2/c1-12(2)33-13(3)28-22-17(26)7-14(8-19(22)33)21-16(25)10-27-24(30-21)29-18-5-6-32-20(23(18)34)9-15(31-32)11-35-4/h7-10,12,18,23,34H,5-6,11H2,1-4H3/q-1/t18?,23-/m0/s1. The number of ether oxygens (including phenoxy) is 1. The normalized spacial score (nSPS) is 17.8. The van der Waals surface area contributed by atoms with Crippen LogP contribution in [0.1, 0.15) is 49.6 Å². The molecule has 3 aromatic heterocycles. The molecule has 1 N–H and O–H groups in total. The van der Waals surface area contributed by atoms with Crippen molar-refractivity contribution in [1.82, 2.24) is 29.3 Å². The van der Waals surface area contributed by atoms with Crippen molar-refractivity contribution in [3.8, 4) is 11.3 Å². The van der Waals surface area contributed by atoms with Crippen molar-refractivity contribution in [2.24, 2.45) is 0 Å². The van der Waals surface area contributed by atoms with Crippen LogP contribution in [0.3, 0.4) is 0 Å². The van der Waals surface area contributed by atoms with E-state index in [9.17, 15) is 5.11 Å². The highest BCUT2D eigenvalue weighted by Gasteiger charge is 2.28. The summed E-state index contributed by atoms with van der Waals surface area (Å²) in [6.07, 6.45) is 1.16. The Morgan fingerprint density at radius 3 is 2.83 bits per heavy atom. The lowest BCUT2D eigenvalue weighted by Gasteiger charge is -2.32. The Morgan fingerprint density at radius 1 is 1.29 bits per heavy atom. The maximum Gasteiger partial charge on any atom is 0.151 e. The lowest BCUT2D eigenvalue weighted by Crippen LogP contribution is -2.28. The van der Waals surface area contributed by atoms with Gasteiger partial charge in [0.05, 0.1) is 28.5 Å². The van der Waals surface area contributed by atoms with Gasteiger partial charge in [-0.2, -0.15) is 5.10 Å². The van der Waals surface area contributed by atoms with E-state index in [1.165, 1.54) is 12.3 Å². The summed E-state index contributed by atoms with van der Waals surface area (Å²) in [5, 5.41) is 20.2. The van der Waals surface area contributed by atoms with Gasteiger partial charge in [0.15, 0.2) is 5.82 Å². The second-order valence-electron chi connectivity index (χ2n) is 8.96. The lowest BCUT2D eigenvalue weighted by molar-refractivity contribution is 0.125. The van der Waals surface area contributed by atoms with Crippen LogP contribution >= 0.6 is 11.6 Å². The first kappa shape index (κ1) is 23.7. The van der Waals surface area contributed by atoms with Crippen LogP contribution in [0.25, 0.3) is 27.6 Å². The molecule has 5 rings (SSSR count). The minimum Gasteiger partial charge on any atom is -0.387 e. The zero-order valence-corrected chi connectivity index (χ0v) is 20.7. The fraction of sp³-hybridized carbons (Fsp3) is 0.417. The van der Waals surface area contributed by atoms with Gasteiger partial charge in [0.1, 0.15) is 17.4 Å². The molecule has 0 spiro atoms. The van der Waals surface area contributed by atoms with E-state index in [0.717, 1.165) is 11.5 Å². The number of rotatable bonds is 6. The Balaban J connectivity index is 1.47. The fourth-order valence-corrected chi connectivity index (χ4v) is 4.90. The topological polar surface area (TPSA) is 105 Å². The highest BCUT2D eigenvalue weighted by atomic mass is 35.5. The number of benzene rings is 1. The number of imidazole rings is 1. The smallest absolute Gasteiger partial charge is 0.151 e. The molecular weight excluding hydrogens is 473 g/mol. The highest BCUT2D eigenvalue weighted by Crippen LogP contribution is 2.37. The van der Waals surface area contributed by atoms with Crippen molar-refractivity contribution in [2.45, 2.75) is 58.5 Å². The van der Waals surface area contributed by atoms with Gasteiger partial charge in [-0.25, -0.2) is 9.37 Å². The van der Waals surface area contributed by atoms with Gasteiger partial charge in [0, 0.05) is 37.4 Å². The largest absolute Gasteiger partial charge is 0.387 e. The molecule has 9 nitrogen and oxygen atoms in total. The number of nitrogens with zero attached hydrogens (tertiary/aromatic N) is 7. The van der Waals surface area contributed by atoms with Crippen LogP contribution in [0, 0.1) is 12.7 Å². The number of hydrogen-bond donors (Lipinski definition) is 1. The Hall–Kier alpha value is -3.08. The van der Waals surface area contributed by atoms with E-state index in [4.69, 9.17) is 16.3 Å². The Labute approximate surface area is 206 Å². The predicted octanol–water partition coefficient (Wildman–Crippen LogP) is 5.03. The summed E-state index contributed by atoms with van der Waals surface area (Å²) < 4.78 is 23.9. The molecule has 0 saturated carbocycles. The van der Waals surface area contributed by atoms with Crippen LogP contribution in [0.4, 0.5) is 10.3 Å². The van der Waals surface area contributed by atoms with Crippen LogP contribution < -0.4 is 0 Å². The first-order chi connectivity index (χ1) is 16.8. The van der Waals surface area contributed by atoms with Crippen molar-refractivity contribution in [3.05, 3.63) is 57.8 Å². The predicted molar refractivity (Wildman–Crippen MR) is 130 cm³/mol. The highest BCUT2D eigenvalue weighted by molar-refractivity contribution is 6.33. The fourth-order valence-electron chi connectivity index (χ4n) is 4.70. The lowest BCUT2D eigenvalue weighted by atomic mass is 10.0. The van der Waals surface area contributed by atoms with Crippen LogP contribution in [0.5, 0.6) is 0 Å². The second kappa shape index (κ2) is 9.18. The van der Waals surface area contributed by atoms with Crippen molar-refractivity contribution >= 4 is 28.6 Å². The first-order valence-electron chi connectivity index (χ1n) is 11.4. The van der Waals surface area contributed by atoms with Crippen LogP contribution in [0.15, 0.2) is 24.4 Å². The first-order valence-corrected chi connectivity index (χ1v) is 11.8. The molecule has 35 heavy (non-hydrogen) atoms. The number of aromatic nitrogens is 6. The van der Waals surface area contributed by atoms with E-state index in [2.05, 4.69) is 25.4 Å². The van der Waals surface area contributed by atoms with Gasteiger partial charge in [0.2, 0.25) is 0 Å². The van der Waals surface area contributed by atoms with Crippen molar-refractivity contribution < 1.29 is 14.2 Å². The molecule has 4 aromatic rings. The summed E-state index contributed by atoms with van der Waals surface area (Å²) >= 11 is 6.43. The average Bonchev–Trinajstić information content (AvgIpc) is 3.38. The molecule has 11 heteroatoms. The summed E-state index contributed by atoms with van der Waals surface area (Å²) in [5.74, 6) is 0.457. The van der Waals surface area contributed by atoms with E-state index in [0.29, 0.717) is 47.6 Å². The zero-order valence-electron chi connectivity index (χ0n) is 19.9. The van der Waals surface area contributed by atoms with Gasteiger partial charge in [-0.05, 0) is 57.2 Å². The van der Waals surface area contributed by atoms with Crippen molar-refractivity contribution in [1.29, 1.82) is 0 Å². The third-order valence-electron chi connectivity index (χ3n) is 6.19. The number of aryl methyl sites for hydroxylation is 2. The third kappa shape index (κ3) is 4.26. The monoisotopic (exact) mass is 498 g/mol. The van der Waals surface area contributed by atoms with Crippen LogP contribution in [0.2, 0.25) is 5.02 Å². The van der Waals surface area contributed by atoms with Gasteiger partial charge in [-0.15, -0.1) is 0 Å². The Bertz CT molecular complexity index is 1400. The minimum atomic E-state index is -0.859. The van der Waals surface area contributed by atoms with E-state index in [-0.39, 0.29) is 17.0 Å². The summed E-state index contributed by atoms with van der Waals surface area (Å²) in [7, 11) is 1.60. The number of fused-ring (bicyclic) bond motifs is 2. The van der Waals surface area contributed by atoms with Gasteiger partial charge < -0.3 is 29.7 Å². The minimum absolute atomic E-state index is 0.103. The zero-order chi connectivity index (χ0) is 24.9. The molecule has 0 bridgehead atoms. The van der Waals surface area contributed by atoms with Crippen molar-refractivity contribution in [3.63, 3.8) is 0 Å². The van der Waals surface area contributed by atoms with E-state index >= 15 is 4.39 Å². The maximum absolute atomic E-state index is 15.0. The van der Waals surface area contributed by atoms with E-state index in [1.807, 2.05) is 37.5 Å². The average molecular weight is 499 g/mol. The molecule has 4 heterocycles. The third-order valence-corrected chi connectivity index (χ3v) is 6.46. The number of methoxy groups -OCH3 is 1. The number of aliphatic hydroxyl groups excluding tert-OH is 1. The molecule has 2 atom stereocenters. The molecule has 0 aliphatic carbocycles. The van der Waals surface area contributed by atoms with Gasteiger partial charge in [0.25, 0.3) is 0 Å². The Kier molecular flexibility index (Phi) is 6.20. The summed E-state index contributed by atoms with van der Waals surface area (Å²) in [6.45, 7) is 6.87. The van der Waals surface area contributed by atoms with E-state index < -0.39 is 18.0 Å². The summed E-state index contributed by atoms with van der Waals surface area (Å²) in [6, 6.07) is 4.69. The quantitative estimate of drug-likeness (QED) is 0.399. The van der Waals surface area contributed by atoms with Crippen LogP contribution in [-0.4, -0.2) is 47.6 Å². The molecule has 1 unspecified atom stereocenters. The van der Waals surface area contributed by atoms with Crippen molar-refractivity contribution in [2.75, 3.05) is 7.11 Å². The molecular formula is C24H26ClFN7O2-. The van der Waals surface area contributed by atoms with Gasteiger partial charge in [-0.3, -0.25) is 4.68 Å². The summed E-state index contributed by atoms with van der Waals surface area (Å²) in [5.41, 5.74) is 3.28. The van der Waals surface area contributed by atoms with Crippen LogP contribution in [-0.2, 0) is 17.9 Å². The molecule has 0 fully saturated rings. The Morgan fingerprint density at radius 2 is 2.09 bits per heavy atom. The molecule has 0 amide bonds. The van der Waals surface area contributed by atoms with Gasteiger partial charge >= 0.3 is 0 Å². The molecule has 1 aliphatic rings. The SMILES string of the molecule is COCc1cc2n(n1)CCC([N-]c1ncc(Cl)c(-c3cc(F)c4nc(C)n(C(C)C)c4c3)n1)[C@@H]2O. The number of halogens is 2. The molecule has 184 valence electrons. The molecule has 0 saturated heterocycles. The summed E-state index contributed by atoms with van der Waals surface area (Å²) in [4.78, 5) is 13.2.